The first kappa shape index (κ1) is 14.1. The van der Waals surface area contributed by atoms with Crippen LogP contribution in [0.5, 0.6) is 0 Å². The molecule has 1 unspecified atom stereocenters. The highest BCUT2D eigenvalue weighted by Gasteiger charge is 2.38. The van der Waals surface area contributed by atoms with Gasteiger partial charge in [-0.15, -0.1) is 0 Å². The number of amides is 1. The third-order valence-electron chi connectivity index (χ3n) is 4.95. The summed E-state index contributed by atoms with van der Waals surface area (Å²) in [6.45, 7) is 0. The molecule has 1 N–H and O–H groups in total. The smallest absolute Gasteiger partial charge is 0.229 e. The highest BCUT2D eigenvalue weighted by Crippen LogP contribution is 2.36. The highest BCUT2D eigenvalue weighted by molar-refractivity contribution is 5.87. The van der Waals surface area contributed by atoms with Gasteiger partial charge >= 0.3 is 0 Å². The number of rotatable bonds is 2. The molecule has 1 aromatic carbocycles. The number of hydrogen-bond acceptors (Lipinski definition) is 2. The summed E-state index contributed by atoms with van der Waals surface area (Å²) in [5, 5.41) is 12.7. The standard InChI is InChI=1S/C18H22N2O/c19-13-18(10-6-2-1-3-7-11-18)20-17(21)16-12-14-8-4-5-9-15(14)16/h4-5,8-9,16H,1-3,6-7,10-12H2,(H,20,21). The maximum Gasteiger partial charge on any atom is 0.229 e. The molecule has 0 spiro atoms. The molecule has 3 heteroatoms. The molecule has 0 saturated heterocycles. The molecule has 0 heterocycles. The fourth-order valence-corrected chi connectivity index (χ4v) is 3.59. The van der Waals surface area contributed by atoms with Crippen LogP contribution in [0.3, 0.4) is 0 Å². The molecule has 0 aliphatic heterocycles. The van der Waals surface area contributed by atoms with Gasteiger partial charge in [0.1, 0.15) is 5.54 Å². The van der Waals surface area contributed by atoms with Crippen molar-refractivity contribution in [1.29, 1.82) is 5.26 Å². The average Bonchev–Trinajstić information content (AvgIpc) is 2.43. The molecule has 1 amide bonds. The van der Waals surface area contributed by atoms with Crippen LogP contribution in [0, 0.1) is 11.3 Å². The minimum Gasteiger partial charge on any atom is -0.337 e. The van der Waals surface area contributed by atoms with Gasteiger partial charge < -0.3 is 5.32 Å². The average molecular weight is 282 g/mol. The van der Waals surface area contributed by atoms with Crippen LogP contribution < -0.4 is 5.32 Å². The summed E-state index contributed by atoms with van der Waals surface area (Å²) in [7, 11) is 0. The maximum atomic E-state index is 12.6. The number of nitriles is 1. The number of fused-ring (bicyclic) bond motifs is 1. The third-order valence-corrected chi connectivity index (χ3v) is 4.95. The lowest BCUT2D eigenvalue weighted by molar-refractivity contribution is -0.124. The van der Waals surface area contributed by atoms with E-state index in [1.54, 1.807) is 0 Å². The molecule has 2 aliphatic carbocycles. The summed E-state index contributed by atoms with van der Waals surface area (Å²) in [6.07, 6.45) is 8.07. The Morgan fingerprint density at radius 2 is 1.81 bits per heavy atom. The molecule has 3 rings (SSSR count). The quantitative estimate of drug-likeness (QED) is 0.903. The number of nitrogens with zero attached hydrogens (tertiary/aromatic N) is 1. The Kier molecular flexibility index (Phi) is 3.96. The van der Waals surface area contributed by atoms with Crippen molar-refractivity contribution in [2.24, 2.45) is 0 Å². The van der Waals surface area contributed by atoms with Crippen LogP contribution in [-0.2, 0) is 11.2 Å². The fraction of sp³-hybridized carbons (Fsp3) is 0.556. The van der Waals surface area contributed by atoms with Crippen molar-refractivity contribution in [3.8, 4) is 6.07 Å². The van der Waals surface area contributed by atoms with Crippen LogP contribution in [0.15, 0.2) is 24.3 Å². The Hall–Kier alpha value is -1.82. The van der Waals surface area contributed by atoms with Gasteiger partial charge in [0.25, 0.3) is 0 Å². The molecule has 1 aromatic rings. The van der Waals surface area contributed by atoms with Gasteiger partial charge in [0, 0.05) is 0 Å². The summed E-state index contributed by atoms with van der Waals surface area (Å²) >= 11 is 0. The van der Waals surface area contributed by atoms with Gasteiger partial charge in [-0.1, -0.05) is 56.4 Å². The van der Waals surface area contributed by atoms with Crippen molar-refractivity contribution in [2.75, 3.05) is 0 Å². The normalized spacial score (nSPS) is 23.7. The summed E-state index contributed by atoms with van der Waals surface area (Å²) < 4.78 is 0. The zero-order valence-electron chi connectivity index (χ0n) is 12.4. The van der Waals surface area contributed by atoms with Gasteiger partial charge in [-0.05, 0) is 30.4 Å². The summed E-state index contributed by atoms with van der Waals surface area (Å²) in [5.41, 5.74) is 1.76. The molecule has 110 valence electrons. The van der Waals surface area contributed by atoms with Crippen molar-refractivity contribution < 1.29 is 4.79 Å². The topological polar surface area (TPSA) is 52.9 Å². The molecule has 2 aliphatic rings. The monoisotopic (exact) mass is 282 g/mol. The van der Waals surface area contributed by atoms with Gasteiger partial charge in [0.2, 0.25) is 5.91 Å². The minimum absolute atomic E-state index is 0.0378. The van der Waals surface area contributed by atoms with Crippen LogP contribution >= 0.6 is 0 Å². The molecule has 1 saturated carbocycles. The Balaban J connectivity index is 1.70. The molecule has 0 radical (unpaired) electrons. The highest BCUT2D eigenvalue weighted by atomic mass is 16.2. The van der Waals surface area contributed by atoms with E-state index < -0.39 is 5.54 Å². The van der Waals surface area contributed by atoms with Crippen molar-refractivity contribution >= 4 is 5.91 Å². The largest absolute Gasteiger partial charge is 0.337 e. The van der Waals surface area contributed by atoms with Crippen LogP contribution in [0.1, 0.15) is 62.0 Å². The molecular weight excluding hydrogens is 260 g/mol. The van der Waals surface area contributed by atoms with E-state index in [1.165, 1.54) is 24.8 Å². The molecule has 0 bridgehead atoms. The van der Waals surface area contributed by atoms with E-state index in [4.69, 9.17) is 0 Å². The number of hydrogen-bond donors (Lipinski definition) is 1. The summed E-state index contributed by atoms with van der Waals surface area (Å²) in [5.74, 6) is -0.0207. The molecule has 1 atom stereocenters. The SMILES string of the molecule is N#CC1(NC(=O)C2Cc3ccccc32)CCCCCCC1. The second-order valence-electron chi connectivity index (χ2n) is 6.41. The summed E-state index contributed by atoms with van der Waals surface area (Å²) in [4.78, 5) is 12.6. The van der Waals surface area contributed by atoms with E-state index in [0.717, 1.165) is 37.7 Å². The van der Waals surface area contributed by atoms with Gasteiger partial charge in [-0.2, -0.15) is 5.26 Å². The maximum absolute atomic E-state index is 12.6. The van der Waals surface area contributed by atoms with Gasteiger partial charge in [0.15, 0.2) is 0 Å². The molecule has 0 aromatic heterocycles. The lowest BCUT2D eigenvalue weighted by Crippen LogP contribution is -2.50. The van der Waals surface area contributed by atoms with Crippen LogP contribution in [0.25, 0.3) is 0 Å². The Morgan fingerprint density at radius 3 is 2.48 bits per heavy atom. The van der Waals surface area contributed by atoms with E-state index in [2.05, 4.69) is 17.5 Å². The number of benzene rings is 1. The zero-order chi connectivity index (χ0) is 14.7. The Labute approximate surface area is 126 Å². The van der Waals surface area contributed by atoms with E-state index in [9.17, 15) is 10.1 Å². The first-order valence-electron chi connectivity index (χ1n) is 8.05. The van der Waals surface area contributed by atoms with Crippen molar-refractivity contribution in [1.82, 2.24) is 5.32 Å². The van der Waals surface area contributed by atoms with Crippen LogP contribution in [0.2, 0.25) is 0 Å². The Morgan fingerprint density at radius 1 is 1.14 bits per heavy atom. The first-order chi connectivity index (χ1) is 10.2. The fourth-order valence-electron chi connectivity index (χ4n) is 3.59. The van der Waals surface area contributed by atoms with Crippen molar-refractivity contribution in [3.63, 3.8) is 0 Å². The van der Waals surface area contributed by atoms with E-state index in [-0.39, 0.29) is 11.8 Å². The lowest BCUT2D eigenvalue weighted by Gasteiger charge is -2.35. The third kappa shape index (κ3) is 2.81. The second-order valence-corrected chi connectivity index (χ2v) is 6.41. The first-order valence-corrected chi connectivity index (χ1v) is 8.05. The van der Waals surface area contributed by atoms with Gasteiger partial charge in [-0.3, -0.25) is 4.79 Å². The van der Waals surface area contributed by atoms with Gasteiger partial charge in [-0.25, -0.2) is 0 Å². The van der Waals surface area contributed by atoms with Gasteiger partial charge in [0.05, 0.1) is 12.0 Å². The zero-order valence-corrected chi connectivity index (χ0v) is 12.4. The van der Waals surface area contributed by atoms with E-state index >= 15 is 0 Å². The van der Waals surface area contributed by atoms with E-state index in [1.807, 2.05) is 18.2 Å². The van der Waals surface area contributed by atoms with E-state index in [0.29, 0.717) is 0 Å². The number of nitrogens with one attached hydrogen (secondary N) is 1. The number of carbonyl (C=O) groups is 1. The number of carbonyl (C=O) groups excluding carboxylic acids is 1. The summed E-state index contributed by atoms with van der Waals surface area (Å²) in [6, 6.07) is 10.5. The molecular formula is C18H22N2O. The molecule has 21 heavy (non-hydrogen) atoms. The van der Waals surface area contributed by atoms with Crippen LogP contribution in [-0.4, -0.2) is 11.4 Å². The minimum atomic E-state index is -0.637. The van der Waals surface area contributed by atoms with Crippen LogP contribution in [0.4, 0.5) is 0 Å². The van der Waals surface area contributed by atoms with Crippen molar-refractivity contribution in [2.45, 2.75) is 62.8 Å². The molecule has 3 nitrogen and oxygen atoms in total. The second kappa shape index (κ2) is 5.89. The lowest BCUT2D eigenvalue weighted by atomic mass is 9.76. The molecule has 1 fully saturated rings. The Bertz CT molecular complexity index is 565. The predicted octanol–water partition coefficient (Wildman–Crippen LogP) is 3.45. The predicted molar refractivity (Wildman–Crippen MR) is 81.7 cm³/mol. The van der Waals surface area contributed by atoms with Crippen molar-refractivity contribution in [3.05, 3.63) is 35.4 Å².